The van der Waals surface area contributed by atoms with Crippen LogP contribution >= 0.6 is 0 Å². The maximum absolute atomic E-state index is 13.7. The molecule has 0 aromatic heterocycles. The van der Waals surface area contributed by atoms with Crippen molar-refractivity contribution < 1.29 is 13.6 Å². The summed E-state index contributed by atoms with van der Waals surface area (Å²) >= 11 is 0. The van der Waals surface area contributed by atoms with Gasteiger partial charge in [-0.3, -0.25) is 4.79 Å². The van der Waals surface area contributed by atoms with Gasteiger partial charge >= 0.3 is 0 Å². The molecule has 0 atom stereocenters. The number of ketones is 1. The minimum atomic E-state index is -0.604. The van der Waals surface area contributed by atoms with E-state index in [1.807, 2.05) is 0 Å². The number of benzene rings is 2. The second-order valence-electron chi connectivity index (χ2n) is 4.15. The fourth-order valence-electron chi connectivity index (χ4n) is 1.82. The first kappa shape index (κ1) is 13.4. The van der Waals surface area contributed by atoms with Crippen molar-refractivity contribution in [3.63, 3.8) is 0 Å². The number of carbonyl (C=O) groups is 1. The van der Waals surface area contributed by atoms with Crippen molar-refractivity contribution in [2.45, 2.75) is 6.54 Å². The zero-order valence-electron chi connectivity index (χ0n) is 10.4. The average molecular weight is 261 g/mol. The largest absolute Gasteiger partial charge is 0.316 e. The molecule has 0 heterocycles. The highest BCUT2D eigenvalue weighted by atomic mass is 19.1. The van der Waals surface area contributed by atoms with Gasteiger partial charge in [0.05, 0.1) is 5.56 Å². The Hall–Kier alpha value is -2.07. The number of hydrogen-bond donors (Lipinski definition) is 1. The lowest BCUT2D eigenvalue weighted by molar-refractivity contribution is 0.103. The molecule has 0 saturated heterocycles. The van der Waals surface area contributed by atoms with Gasteiger partial charge in [0.25, 0.3) is 0 Å². The van der Waals surface area contributed by atoms with E-state index in [1.165, 1.54) is 30.3 Å². The number of nitrogens with one attached hydrogen (secondary N) is 1. The first-order valence-electron chi connectivity index (χ1n) is 5.85. The Morgan fingerprint density at radius 3 is 2.47 bits per heavy atom. The zero-order valence-corrected chi connectivity index (χ0v) is 10.4. The summed E-state index contributed by atoms with van der Waals surface area (Å²) < 4.78 is 27.2. The van der Waals surface area contributed by atoms with Crippen LogP contribution in [0.1, 0.15) is 21.5 Å². The van der Waals surface area contributed by atoms with Crippen molar-refractivity contribution >= 4 is 5.78 Å². The lowest BCUT2D eigenvalue weighted by atomic mass is 10.0. The van der Waals surface area contributed by atoms with E-state index in [-0.39, 0.29) is 11.1 Å². The molecule has 19 heavy (non-hydrogen) atoms. The van der Waals surface area contributed by atoms with Gasteiger partial charge in [-0.2, -0.15) is 0 Å². The Labute approximate surface area is 110 Å². The fourth-order valence-corrected chi connectivity index (χ4v) is 1.82. The number of rotatable bonds is 4. The van der Waals surface area contributed by atoms with Crippen LogP contribution in [0.2, 0.25) is 0 Å². The second-order valence-corrected chi connectivity index (χ2v) is 4.15. The van der Waals surface area contributed by atoms with Crippen LogP contribution in [0.5, 0.6) is 0 Å². The topological polar surface area (TPSA) is 29.1 Å². The van der Waals surface area contributed by atoms with Crippen molar-refractivity contribution in [2.75, 3.05) is 7.05 Å². The van der Waals surface area contributed by atoms with E-state index < -0.39 is 17.4 Å². The van der Waals surface area contributed by atoms with Gasteiger partial charge in [0.2, 0.25) is 0 Å². The molecule has 2 nitrogen and oxygen atoms in total. The molecule has 0 aliphatic heterocycles. The van der Waals surface area contributed by atoms with Crippen LogP contribution in [-0.4, -0.2) is 12.8 Å². The first-order valence-corrected chi connectivity index (χ1v) is 5.85. The van der Waals surface area contributed by atoms with Crippen molar-refractivity contribution in [1.82, 2.24) is 5.32 Å². The van der Waals surface area contributed by atoms with Crippen molar-refractivity contribution in [3.05, 3.63) is 70.8 Å². The molecule has 0 spiro atoms. The maximum atomic E-state index is 13.7. The molecule has 0 amide bonds. The molecule has 0 fully saturated rings. The van der Waals surface area contributed by atoms with E-state index in [1.54, 1.807) is 13.1 Å². The number of carbonyl (C=O) groups excluding carboxylic acids is 1. The third-order valence-corrected chi connectivity index (χ3v) is 2.80. The van der Waals surface area contributed by atoms with Crippen LogP contribution in [0.3, 0.4) is 0 Å². The highest BCUT2D eigenvalue weighted by Crippen LogP contribution is 2.16. The summed E-state index contributed by atoms with van der Waals surface area (Å²) in [6.45, 7) is 0.375. The maximum Gasteiger partial charge on any atom is 0.196 e. The normalized spacial score (nSPS) is 10.5. The molecule has 2 aromatic rings. The smallest absolute Gasteiger partial charge is 0.196 e. The van der Waals surface area contributed by atoms with Gasteiger partial charge in [-0.1, -0.05) is 24.3 Å². The molecule has 0 aliphatic rings. The van der Waals surface area contributed by atoms with E-state index in [0.717, 1.165) is 6.07 Å². The first-order chi connectivity index (χ1) is 9.13. The third kappa shape index (κ3) is 2.85. The monoisotopic (exact) mass is 261 g/mol. The summed E-state index contributed by atoms with van der Waals surface area (Å²) in [5, 5.41) is 2.83. The molecule has 1 N–H and O–H groups in total. The highest BCUT2D eigenvalue weighted by molar-refractivity contribution is 6.09. The quantitative estimate of drug-likeness (QED) is 0.857. The van der Waals surface area contributed by atoms with Crippen molar-refractivity contribution in [1.29, 1.82) is 0 Å². The SMILES string of the molecule is CNCc1ccc(C(=O)c2ccccc2F)cc1F. The van der Waals surface area contributed by atoms with Gasteiger partial charge in [-0.05, 0) is 25.2 Å². The van der Waals surface area contributed by atoms with Crippen LogP contribution < -0.4 is 5.32 Å². The number of halogens is 2. The van der Waals surface area contributed by atoms with Crippen LogP contribution in [0.4, 0.5) is 8.78 Å². The Kier molecular flexibility index (Phi) is 4.02. The molecule has 0 radical (unpaired) electrons. The van der Waals surface area contributed by atoms with Crippen LogP contribution in [0.15, 0.2) is 42.5 Å². The predicted octanol–water partition coefficient (Wildman–Crippen LogP) is 2.92. The van der Waals surface area contributed by atoms with Gasteiger partial charge in [-0.25, -0.2) is 8.78 Å². The summed E-state index contributed by atoms with van der Waals surface area (Å²) in [4.78, 5) is 12.1. The standard InChI is InChI=1S/C15H13F2NO/c1-18-9-11-7-6-10(8-14(11)17)15(19)12-4-2-3-5-13(12)16/h2-8,18H,9H2,1H3. The molecule has 0 saturated carbocycles. The molecule has 4 heteroatoms. The Balaban J connectivity index is 2.35. The Bertz CT molecular complexity index is 611. The molecule has 0 unspecified atom stereocenters. The number of hydrogen-bond acceptors (Lipinski definition) is 2. The minimum absolute atomic E-state index is 0.0525. The van der Waals surface area contributed by atoms with Crippen LogP contribution in [-0.2, 0) is 6.54 Å². The van der Waals surface area contributed by atoms with Gasteiger partial charge in [-0.15, -0.1) is 0 Å². The minimum Gasteiger partial charge on any atom is -0.316 e. The molecule has 2 rings (SSSR count). The van der Waals surface area contributed by atoms with E-state index in [0.29, 0.717) is 12.1 Å². The molecular weight excluding hydrogens is 248 g/mol. The van der Waals surface area contributed by atoms with Crippen LogP contribution in [0.25, 0.3) is 0 Å². The van der Waals surface area contributed by atoms with Gasteiger partial charge in [0.1, 0.15) is 11.6 Å². The zero-order chi connectivity index (χ0) is 13.8. The molecule has 0 bridgehead atoms. The molecule has 2 aromatic carbocycles. The van der Waals surface area contributed by atoms with E-state index in [4.69, 9.17) is 0 Å². The van der Waals surface area contributed by atoms with Crippen molar-refractivity contribution in [2.24, 2.45) is 0 Å². The summed E-state index contributed by atoms with van der Waals surface area (Å²) in [7, 11) is 1.71. The highest BCUT2D eigenvalue weighted by Gasteiger charge is 2.14. The van der Waals surface area contributed by atoms with E-state index in [9.17, 15) is 13.6 Å². The second kappa shape index (κ2) is 5.71. The van der Waals surface area contributed by atoms with E-state index >= 15 is 0 Å². The molecule has 0 aliphatic carbocycles. The third-order valence-electron chi connectivity index (χ3n) is 2.80. The van der Waals surface area contributed by atoms with Gasteiger partial charge in [0, 0.05) is 17.7 Å². The summed E-state index contributed by atoms with van der Waals surface area (Å²) in [5.41, 5.74) is 0.554. The molecule has 98 valence electrons. The fraction of sp³-hybridized carbons (Fsp3) is 0.133. The average Bonchev–Trinajstić information content (AvgIpc) is 2.41. The Morgan fingerprint density at radius 1 is 1.11 bits per heavy atom. The summed E-state index contributed by atoms with van der Waals surface area (Å²) in [5.74, 6) is -1.60. The predicted molar refractivity (Wildman–Crippen MR) is 69.0 cm³/mol. The summed E-state index contributed by atoms with van der Waals surface area (Å²) in [6.07, 6.45) is 0. The Morgan fingerprint density at radius 2 is 1.84 bits per heavy atom. The van der Waals surface area contributed by atoms with Crippen LogP contribution in [0, 0.1) is 11.6 Å². The van der Waals surface area contributed by atoms with Gasteiger partial charge < -0.3 is 5.32 Å². The van der Waals surface area contributed by atoms with Gasteiger partial charge in [0.15, 0.2) is 5.78 Å². The lowest BCUT2D eigenvalue weighted by Crippen LogP contribution is -2.09. The lowest BCUT2D eigenvalue weighted by Gasteiger charge is -2.06. The summed E-state index contributed by atoms with van der Waals surface area (Å²) in [6, 6.07) is 9.84. The van der Waals surface area contributed by atoms with E-state index in [2.05, 4.69) is 5.32 Å². The van der Waals surface area contributed by atoms with Crippen molar-refractivity contribution in [3.8, 4) is 0 Å². The molecular formula is C15H13F2NO.